The van der Waals surface area contributed by atoms with Crippen LogP contribution in [0.3, 0.4) is 0 Å². The summed E-state index contributed by atoms with van der Waals surface area (Å²) >= 11 is 0. The third-order valence-electron chi connectivity index (χ3n) is 6.88. The summed E-state index contributed by atoms with van der Waals surface area (Å²) in [6, 6.07) is 12.5. The molecule has 0 bridgehead atoms. The van der Waals surface area contributed by atoms with Gasteiger partial charge in [-0.15, -0.1) is 0 Å². The maximum Gasteiger partial charge on any atom is 0.253 e. The number of nitrogens with zero attached hydrogens (tertiary/aromatic N) is 2. The summed E-state index contributed by atoms with van der Waals surface area (Å²) in [4.78, 5) is 23.3. The number of nitrogens with one attached hydrogen (secondary N) is 2. The van der Waals surface area contributed by atoms with Crippen molar-refractivity contribution in [2.75, 3.05) is 20.2 Å². The molecule has 180 valence electrons. The van der Waals surface area contributed by atoms with Crippen LogP contribution in [0.1, 0.15) is 60.6 Å². The second kappa shape index (κ2) is 9.38. The smallest absolute Gasteiger partial charge is 0.253 e. The molecule has 1 atom stereocenters. The van der Waals surface area contributed by atoms with E-state index in [1.54, 1.807) is 17.0 Å². The minimum absolute atomic E-state index is 0.0126. The minimum atomic E-state index is -3.80. The molecule has 1 aliphatic heterocycles. The molecule has 2 fully saturated rings. The summed E-state index contributed by atoms with van der Waals surface area (Å²) in [6.07, 6.45) is 5.50. The highest BCUT2D eigenvalue weighted by Crippen LogP contribution is 2.30. The number of piperidine rings is 1. The van der Waals surface area contributed by atoms with Crippen LogP contribution in [0.25, 0.3) is 11.0 Å². The Labute approximate surface area is 199 Å². The molecule has 2 aliphatic rings. The van der Waals surface area contributed by atoms with Gasteiger partial charge in [0.2, 0.25) is 10.0 Å². The first-order chi connectivity index (χ1) is 16.4. The van der Waals surface area contributed by atoms with E-state index in [-0.39, 0.29) is 28.5 Å². The van der Waals surface area contributed by atoms with Crippen LogP contribution in [0.15, 0.2) is 47.4 Å². The third kappa shape index (κ3) is 4.54. The largest absolute Gasteiger partial charge is 0.495 e. The number of aromatic nitrogens is 2. The van der Waals surface area contributed by atoms with Gasteiger partial charge < -0.3 is 14.6 Å². The Kier molecular flexibility index (Phi) is 6.31. The zero-order chi connectivity index (χ0) is 23.7. The lowest BCUT2D eigenvalue weighted by Crippen LogP contribution is -2.39. The van der Waals surface area contributed by atoms with E-state index in [0.29, 0.717) is 18.7 Å². The van der Waals surface area contributed by atoms with Crippen LogP contribution >= 0.6 is 0 Å². The van der Waals surface area contributed by atoms with E-state index in [4.69, 9.17) is 9.72 Å². The predicted octanol–water partition coefficient (Wildman–Crippen LogP) is 3.81. The number of methoxy groups -OCH3 is 1. The van der Waals surface area contributed by atoms with Crippen molar-refractivity contribution >= 4 is 27.0 Å². The van der Waals surface area contributed by atoms with Gasteiger partial charge >= 0.3 is 0 Å². The van der Waals surface area contributed by atoms with E-state index < -0.39 is 10.0 Å². The molecule has 5 rings (SSSR count). The lowest BCUT2D eigenvalue weighted by molar-refractivity contribution is 0.0704. The summed E-state index contributed by atoms with van der Waals surface area (Å²) in [6.45, 7) is 1.16. The van der Waals surface area contributed by atoms with Gasteiger partial charge in [-0.1, -0.05) is 25.0 Å². The zero-order valence-electron chi connectivity index (χ0n) is 19.3. The van der Waals surface area contributed by atoms with E-state index in [0.717, 1.165) is 55.4 Å². The molecule has 3 aromatic rings. The lowest BCUT2D eigenvalue weighted by Gasteiger charge is -2.32. The van der Waals surface area contributed by atoms with Crippen molar-refractivity contribution in [3.8, 4) is 5.75 Å². The number of carbonyl (C=O) groups is 1. The molecule has 2 aromatic carbocycles. The number of amides is 1. The number of carbonyl (C=O) groups excluding carboxylic acids is 1. The van der Waals surface area contributed by atoms with Gasteiger partial charge in [-0.3, -0.25) is 4.79 Å². The van der Waals surface area contributed by atoms with Gasteiger partial charge in [0.1, 0.15) is 16.5 Å². The number of sulfonamides is 1. The van der Waals surface area contributed by atoms with E-state index in [1.807, 2.05) is 24.3 Å². The first kappa shape index (κ1) is 22.9. The number of benzene rings is 2. The standard InChI is InChI=1S/C25H30N4O4S/c1-33-22-13-12-17(15-23(22)34(31,32)28-19-8-2-3-9-19)25(30)29-14-6-7-18(16-29)24-26-20-10-4-5-11-21(20)27-24/h4-5,10-13,15,18-19,28H,2-3,6-9,14,16H2,1H3,(H,26,27). The number of fused-ring (bicyclic) bond motifs is 1. The average molecular weight is 483 g/mol. The Morgan fingerprint density at radius 3 is 2.68 bits per heavy atom. The Hall–Kier alpha value is -2.91. The molecule has 0 radical (unpaired) electrons. The van der Waals surface area contributed by atoms with Crippen molar-refractivity contribution in [1.82, 2.24) is 19.6 Å². The van der Waals surface area contributed by atoms with Gasteiger partial charge in [0.15, 0.2) is 0 Å². The molecule has 1 saturated carbocycles. The molecule has 1 amide bonds. The highest BCUT2D eigenvalue weighted by atomic mass is 32.2. The summed E-state index contributed by atoms with van der Waals surface area (Å²) < 4.78 is 34.3. The fourth-order valence-corrected chi connectivity index (χ4v) is 6.58. The Morgan fingerprint density at radius 1 is 1.12 bits per heavy atom. The monoisotopic (exact) mass is 482 g/mol. The van der Waals surface area contributed by atoms with Gasteiger partial charge in [-0.05, 0) is 56.0 Å². The van der Waals surface area contributed by atoms with E-state index in [2.05, 4.69) is 9.71 Å². The normalized spacial score (nSPS) is 19.6. The number of hydrogen-bond acceptors (Lipinski definition) is 5. The van der Waals surface area contributed by atoms with Crippen molar-refractivity contribution in [1.29, 1.82) is 0 Å². The third-order valence-corrected chi connectivity index (χ3v) is 8.42. The Bertz CT molecular complexity index is 1260. The van der Waals surface area contributed by atoms with Gasteiger partial charge in [0, 0.05) is 30.6 Å². The van der Waals surface area contributed by atoms with Gasteiger partial charge in [-0.25, -0.2) is 18.1 Å². The SMILES string of the molecule is COc1ccc(C(=O)N2CCCC(c3nc4ccccc4[nH]3)C2)cc1S(=O)(=O)NC1CCCC1. The maximum absolute atomic E-state index is 13.4. The van der Waals surface area contributed by atoms with Crippen molar-refractivity contribution in [3.63, 3.8) is 0 Å². The molecule has 2 N–H and O–H groups in total. The van der Waals surface area contributed by atoms with Crippen LogP contribution in [-0.4, -0.2) is 55.4 Å². The lowest BCUT2D eigenvalue weighted by atomic mass is 9.96. The quantitative estimate of drug-likeness (QED) is 0.556. The molecular weight excluding hydrogens is 452 g/mol. The molecule has 2 heterocycles. The molecule has 34 heavy (non-hydrogen) atoms. The number of aromatic amines is 1. The van der Waals surface area contributed by atoms with Crippen LogP contribution in [0.5, 0.6) is 5.75 Å². The maximum atomic E-state index is 13.4. The van der Waals surface area contributed by atoms with Crippen LogP contribution < -0.4 is 9.46 Å². The first-order valence-corrected chi connectivity index (χ1v) is 13.4. The first-order valence-electron chi connectivity index (χ1n) is 11.9. The highest BCUT2D eigenvalue weighted by Gasteiger charge is 2.30. The van der Waals surface area contributed by atoms with Gasteiger partial charge in [-0.2, -0.15) is 0 Å². The van der Waals surface area contributed by atoms with Crippen molar-refractivity contribution in [3.05, 3.63) is 53.9 Å². The van der Waals surface area contributed by atoms with Crippen LogP contribution in [-0.2, 0) is 10.0 Å². The molecule has 1 aliphatic carbocycles. The number of rotatable bonds is 6. The van der Waals surface area contributed by atoms with Crippen LogP contribution in [0, 0.1) is 0 Å². The van der Waals surface area contributed by atoms with Crippen LogP contribution in [0.2, 0.25) is 0 Å². The second-order valence-electron chi connectivity index (χ2n) is 9.20. The Balaban J connectivity index is 1.37. The Morgan fingerprint density at radius 2 is 1.91 bits per heavy atom. The fraction of sp³-hybridized carbons (Fsp3) is 0.440. The number of imidazole rings is 1. The van der Waals surface area contributed by atoms with E-state index >= 15 is 0 Å². The predicted molar refractivity (Wildman–Crippen MR) is 130 cm³/mol. The minimum Gasteiger partial charge on any atom is -0.495 e. The summed E-state index contributed by atoms with van der Waals surface area (Å²) in [5.41, 5.74) is 2.25. The number of likely N-dealkylation sites (tertiary alicyclic amines) is 1. The summed E-state index contributed by atoms with van der Waals surface area (Å²) in [5, 5.41) is 0. The number of hydrogen-bond donors (Lipinski definition) is 2. The number of ether oxygens (including phenoxy) is 1. The topological polar surface area (TPSA) is 104 Å². The number of para-hydroxylation sites is 2. The molecule has 1 unspecified atom stereocenters. The molecule has 9 heteroatoms. The molecule has 8 nitrogen and oxygen atoms in total. The average Bonchev–Trinajstić information content (AvgIpc) is 3.52. The fourth-order valence-electron chi connectivity index (χ4n) is 5.08. The van der Waals surface area contributed by atoms with Crippen molar-refractivity contribution in [2.45, 2.75) is 55.4 Å². The number of H-pyrrole nitrogens is 1. The molecular formula is C25H30N4O4S. The summed E-state index contributed by atoms with van der Waals surface area (Å²) in [5.74, 6) is 1.05. The molecule has 1 aromatic heterocycles. The van der Waals surface area contributed by atoms with Crippen LogP contribution in [0.4, 0.5) is 0 Å². The van der Waals surface area contributed by atoms with Gasteiger partial charge in [0.05, 0.1) is 18.1 Å². The molecule has 0 spiro atoms. The van der Waals surface area contributed by atoms with E-state index in [9.17, 15) is 13.2 Å². The van der Waals surface area contributed by atoms with Gasteiger partial charge in [0.25, 0.3) is 5.91 Å². The van der Waals surface area contributed by atoms with E-state index in [1.165, 1.54) is 13.2 Å². The summed E-state index contributed by atoms with van der Waals surface area (Å²) in [7, 11) is -2.36. The highest BCUT2D eigenvalue weighted by molar-refractivity contribution is 7.89. The molecule has 1 saturated heterocycles. The van der Waals surface area contributed by atoms with Crippen molar-refractivity contribution in [2.24, 2.45) is 0 Å². The second-order valence-corrected chi connectivity index (χ2v) is 10.9. The van der Waals surface area contributed by atoms with Crippen molar-refractivity contribution < 1.29 is 17.9 Å². The zero-order valence-corrected chi connectivity index (χ0v) is 20.1.